The minimum absolute atomic E-state index is 0.752. The van der Waals surface area contributed by atoms with E-state index >= 15 is 0 Å². The van der Waals surface area contributed by atoms with Crippen LogP contribution in [0.3, 0.4) is 0 Å². The lowest BCUT2D eigenvalue weighted by Crippen LogP contribution is -2.26. The van der Waals surface area contributed by atoms with Gasteiger partial charge in [0.05, 0.1) is 0 Å². The third-order valence-electron chi connectivity index (χ3n) is 1.62. The van der Waals surface area contributed by atoms with Crippen LogP contribution in [0.5, 0.6) is 0 Å². The summed E-state index contributed by atoms with van der Waals surface area (Å²) < 4.78 is 0. The second-order valence-electron chi connectivity index (χ2n) is 2.49. The van der Waals surface area contributed by atoms with Gasteiger partial charge in [-0.05, 0) is 12.5 Å². The van der Waals surface area contributed by atoms with E-state index in [0.717, 1.165) is 5.57 Å². The van der Waals surface area contributed by atoms with Crippen molar-refractivity contribution in [2.45, 2.75) is 19.1 Å². The van der Waals surface area contributed by atoms with Gasteiger partial charge in [0.15, 0.2) is 0 Å². The molecular weight excluding hydrogens is 140 g/mol. The highest BCUT2D eigenvalue weighted by atomic mass is 16.3. The zero-order valence-electron chi connectivity index (χ0n) is 6.44. The van der Waals surface area contributed by atoms with Crippen LogP contribution in [0.15, 0.2) is 36.0 Å². The van der Waals surface area contributed by atoms with Gasteiger partial charge in [-0.3, -0.25) is 0 Å². The molecule has 0 aromatic carbocycles. The first-order valence-corrected chi connectivity index (χ1v) is 3.63. The molecule has 1 aliphatic carbocycles. The molecule has 2 heteroatoms. The zero-order chi connectivity index (χ0) is 8.27. The summed E-state index contributed by atoms with van der Waals surface area (Å²) in [6.45, 7) is 1.87. The van der Waals surface area contributed by atoms with Crippen molar-refractivity contribution in [3.63, 3.8) is 0 Å². The minimum Gasteiger partial charge on any atom is -0.386 e. The Bertz CT molecular complexity index is 214. The monoisotopic (exact) mass is 152 g/mol. The number of rotatable bonds is 1. The normalized spacial score (nSPS) is 31.0. The van der Waals surface area contributed by atoms with Crippen LogP contribution in [0.1, 0.15) is 6.92 Å². The van der Waals surface area contributed by atoms with Crippen LogP contribution >= 0.6 is 0 Å². The smallest absolute Gasteiger partial charge is 0.108 e. The fourth-order valence-electron chi connectivity index (χ4n) is 1.03. The maximum Gasteiger partial charge on any atom is 0.108 e. The third-order valence-corrected chi connectivity index (χ3v) is 1.62. The van der Waals surface area contributed by atoms with Crippen molar-refractivity contribution >= 4 is 0 Å². The summed E-state index contributed by atoms with van der Waals surface area (Å²) in [6.07, 6.45) is 7.20. The Labute approximate surface area is 66.2 Å². The Morgan fingerprint density at radius 1 is 1.45 bits per heavy atom. The maximum atomic E-state index is 9.35. The van der Waals surface area contributed by atoms with Crippen LogP contribution in [0.25, 0.3) is 0 Å². The average molecular weight is 152 g/mol. The predicted octanol–water partition coefficient (Wildman–Crippen LogP) is 0.780. The maximum absolute atomic E-state index is 9.35. The second kappa shape index (κ2) is 3.51. The van der Waals surface area contributed by atoms with Gasteiger partial charge in [0.1, 0.15) is 12.2 Å². The fraction of sp³-hybridized carbons (Fsp3) is 0.333. The van der Waals surface area contributed by atoms with Crippen LogP contribution in [0.4, 0.5) is 0 Å². The molecule has 2 atom stereocenters. The van der Waals surface area contributed by atoms with Gasteiger partial charge in [-0.25, -0.2) is 0 Å². The van der Waals surface area contributed by atoms with Crippen molar-refractivity contribution in [1.82, 2.24) is 0 Å². The van der Waals surface area contributed by atoms with Gasteiger partial charge in [-0.1, -0.05) is 30.4 Å². The molecule has 11 heavy (non-hydrogen) atoms. The molecule has 1 aliphatic rings. The number of hydrogen-bond donors (Lipinski definition) is 2. The van der Waals surface area contributed by atoms with E-state index in [1.807, 2.05) is 13.0 Å². The van der Waals surface area contributed by atoms with E-state index in [-0.39, 0.29) is 0 Å². The highest BCUT2D eigenvalue weighted by Crippen LogP contribution is 2.14. The van der Waals surface area contributed by atoms with E-state index in [1.54, 1.807) is 24.3 Å². The van der Waals surface area contributed by atoms with Crippen molar-refractivity contribution < 1.29 is 10.2 Å². The molecular formula is C9H12O2. The van der Waals surface area contributed by atoms with Gasteiger partial charge in [0, 0.05) is 0 Å². The molecule has 60 valence electrons. The van der Waals surface area contributed by atoms with E-state index < -0.39 is 12.2 Å². The quantitative estimate of drug-likeness (QED) is 0.583. The summed E-state index contributed by atoms with van der Waals surface area (Å²) in [4.78, 5) is 0. The molecule has 0 aromatic heterocycles. The van der Waals surface area contributed by atoms with Crippen molar-refractivity contribution in [3.05, 3.63) is 36.0 Å². The lowest BCUT2D eigenvalue weighted by Gasteiger charge is -2.18. The first kappa shape index (κ1) is 8.24. The van der Waals surface area contributed by atoms with Crippen LogP contribution in [0, 0.1) is 0 Å². The summed E-state index contributed by atoms with van der Waals surface area (Å²) in [7, 11) is 0. The molecule has 1 rings (SSSR count). The standard InChI is InChI=1S/C9H12O2/c1-2-4-7-5-3-6-8(10)9(7)11/h2-6,8-11H,1H3/b4-2+/t8-,9+/m0/s1. The van der Waals surface area contributed by atoms with E-state index in [2.05, 4.69) is 0 Å². The van der Waals surface area contributed by atoms with Crippen molar-refractivity contribution in [1.29, 1.82) is 0 Å². The summed E-state index contributed by atoms with van der Waals surface area (Å²) in [5.41, 5.74) is 0.752. The predicted molar refractivity (Wildman–Crippen MR) is 44.1 cm³/mol. The largest absolute Gasteiger partial charge is 0.386 e. The Morgan fingerprint density at radius 2 is 2.18 bits per heavy atom. The first-order valence-electron chi connectivity index (χ1n) is 3.63. The molecule has 0 fully saturated rings. The molecule has 0 unspecified atom stereocenters. The lowest BCUT2D eigenvalue weighted by atomic mass is 9.99. The topological polar surface area (TPSA) is 40.5 Å². The van der Waals surface area contributed by atoms with Crippen LogP contribution in [-0.2, 0) is 0 Å². The Hall–Kier alpha value is -0.860. The third kappa shape index (κ3) is 1.79. The molecule has 0 bridgehead atoms. The van der Waals surface area contributed by atoms with Crippen molar-refractivity contribution in [2.24, 2.45) is 0 Å². The SMILES string of the molecule is C/C=C/C1=CC=C[C@H](O)[C@@H]1O. The van der Waals surface area contributed by atoms with E-state index in [0.29, 0.717) is 0 Å². The minimum atomic E-state index is -0.767. The molecule has 0 radical (unpaired) electrons. The fourth-order valence-corrected chi connectivity index (χ4v) is 1.03. The Kier molecular flexibility index (Phi) is 2.63. The van der Waals surface area contributed by atoms with Crippen molar-refractivity contribution in [3.8, 4) is 0 Å². The van der Waals surface area contributed by atoms with E-state index in [4.69, 9.17) is 5.11 Å². The summed E-state index contributed by atoms with van der Waals surface area (Å²) in [5, 5.41) is 18.5. The molecule has 0 heterocycles. The van der Waals surface area contributed by atoms with Gasteiger partial charge >= 0.3 is 0 Å². The Balaban J connectivity index is 2.78. The number of aliphatic hydroxyl groups is 2. The molecule has 0 amide bonds. The van der Waals surface area contributed by atoms with E-state index in [1.165, 1.54) is 0 Å². The van der Waals surface area contributed by atoms with Crippen molar-refractivity contribution in [2.75, 3.05) is 0 Å². The molecule has 2 N–H and O–H groups in total. The summed E-state index contributed by atoms with van der Waals surface area (Å²) in [5.74, 6) is 0. The zero-order valence-corrected chi connectivity index (χ0v) is 6.44. The highest BCUT2D eigenvalue weighted by Gasteiger charge is 2.17. The molecule has 0 saturated carbocycles. The van der Waals surface area contributed by atoms with Crippen LogP contribution in [-0.4, -0.2) is 22.4 Å². The molecule has 2 nitrogen and oxygen atoms in total. The highest BCUT2D eigenvalue weighted by molar-refractivity contribution is 5.33. The summed E-state index contributed by atoms with van der Waals surface area (Å²) >= 11 is 0. The number of aliphatic hydroxyl groups excluding tert-OH is 2. The number of allylic oxidation sites excluding steroid dienone is 3. The number of hydrogen-bond acceptors (Lipinski definition) is 2. The molecule has 0 saturated heterocycles. The van der Waals surface area contributed by atoms with Crippen LogP contribution in [0.2, 0.25) is 0 Å². The van der Waals surface area contributed by atoms with Gasteiger partial charge in [0.2, 0.25) is 0 Å². The molecule has 0 aromatic rings. The molecule has 0 aliphatic heterocycles. The lowest BCUT2D eigenvalue weighted by molar-refractivity contribution is 0.0738. The van der Waals surface area contributed by atoms with Gasteiger partial charge in [0.25, 0.3) is 0 Å². The van der Waals surface area contributed by atoms with Gasteiger partial charge < -0.3 is 10.2 Å². The van der Waals surface area contributed by atoms with Crippen LogP contribution < -0.4 is 0 Å². The van der Waals surface area contributed by atoms with Gasteiger partial charge in [-0.15, -0.1) is 0 Å². The van der Waals surface area contributed by atoms with E-state index in [9.17, 15) is 5.11 Å². The molecule has 0 spiro atoms. The summed E-state index contributed by atoms with van der Waals surface area (Å²) in [6, 6.07) is 0. The average Bonchev–Trinajstić information content (AvgIpc) is 1.99. The Morgan fingerprint density at radius 3 is 2.82 bits per heavy atom. The van der Waals surface area contributed by atoms with Gasteiger partial charge in [-0.2, -0.15) is 0 Å². The second-order valence-corrected chi connectivity index (χ2v) is 2.49. The first-order chi connectivity index (χ1) is 5.25.